The zero-order valence-electron chi connectivity index (χ0n) is 9.97. The van der Waals surface area contributed by atoms with Crippen LogP contribution in [0, 0.1) is 5.92 Å². The van der Waals surface area contributed by atoms with Crippen LogP contribution in [0.3, 0.4) is 0 Å². The largest absolute Gasteiger partial charge is 0.481 e. The van der Waals surface area contributed by atoms with E-state index in [2.05, 4.69) is 15.9 Å². The molecule has 2 atom stereocenters. The lowest BCUT2D eigenvalue weighted by molar-refractivity contribution is -0.141. The number of rotatable bonds is 2. The molecule has 1 aromatic carbocycles. The monoisotopic (exact) mass is 311 g/mol. The first-order chi connectivity index (χ1) is 8.49. The molecule has 96 valence electrons. The Balaban J connectivity index is 2.27. The number of carbonyl (C=O) groups excluding carboxylic acids is 1. The van der Waals surface area contributed by atoms with E-state index < -0.39 is 11.9 Å². The van der Waals surface area contributed by atoms with Crippen molar-refractivity contribution < 1.29 is 14.7 Å². The number of carboxylic acids is 1. The van der Waals surface area contributed by atoms with Gasteiger partial charge in [-0.25, -0.2) is 0 Å². The van der Waals surface area contributed by atoms with E-state index in [0.717, 1.165) is 10.0 Å². The van der Waals surface area contributed by atoms with Gasteiger partial charge in [-0.2, -0.15) is 0 Å². The molecule has 0 aliphatic carbocycles. The summed E-state index contributed by atoms with van der Waals surface area (Å²) in [6.45, 7) is 2.25. The van der Waals surface area contributed by atoms with Gasteiger partial charge in [0.1, 0.15) is 0 Å². The topological polar surface area (TPSA) is 57.6 Å². The predicted molar refractivity (Wildman–Crippen MR) is 70.3 cm³/mol. The molecule has 5 heteroatoms. The summed E-state index contributed by atoms with van der Waals surface area (Å²) in [6, 6.07) is 7.61. The van der Waals surface area contributed by atoms with Gasteiger partial charge in [-0.15, -0.1) is 0 Å². The molecule has 1 aliphatic heterocycles. The van der Waals surface area contributed by atoms with E-state index in [9.17, 15) is 14.7 Å². The molecule has 0 radical (unpaired) electrons. The Labute approximate surface area is 114 Å². The summed E-state index contributed by atoms with van der Waals surface area (Å²) in [7, 11) is 0. The van der Waals surface area contributed by atoms with Gasteiger partial charge in [0.05, 0.1) is 5.92 Å². The van der Waals surface area contributed by atoms with Gasteiger partial charge < -0.3 is 10.0 Å². The molecule has 1 N–H and O–H groups in total. The van der Waals surface area contributed by atoms with E-state index in [1.165, 1.54) is 6.92 Å². The minimum absolute atomic E-state index is 0.0686. The number of carboxylic acid groups (broad SMARTS) is 1. The van der Waals surface area contributed by atoms with Gasteiger partial charge in [0.15, 0.2) is 0 Å². The Morgan fingerprint density at radius 3 is 2.39 bits per heavy atom. The highest BCUT2D eigenvalue weighted by Gasteiger charge is 2.39. The first-order valence-electron chi connectivity index (χ1n) is 5.73. The van der Waals surface area contributed by atoms with Crippen molar-refractivity contribution >= 4 is 27.8 Å². The van der Waals surface area contributed by atoms with Crippen molar-refractivity contribution in [1.29, 1.82) is 0 Å². The predicted octanol–water partition coefficient (Wildman–Crippen LogP) is 2.10. The van der Waals surface area contributed by atoms with Crippen molar-refractivity contribution in [2.24, 2.45) is 5.92 Å². The summed E-state index contributed by atoms with van der Waals surface area (Å²) in [5, 5.41) is 9.25. The standard InChI is InChI=1S/C13H14BrNO3/c1-8(16)15-6-11(12(7-15)13(17)18)9-2-4-10(14)5-3-9/h2-5,11-12H,6-7H2,1H3,(H,17,18)/t11-,12+/m1/s1. The lowest BCUT2D eigenvalue weighted by Gasteiger charge is -2.15. The quantitative estimate of drug-likeness (QED) is 0.910. The number of aliphatic carboxylic acids is 1. The van der Waals surface area contributed by atoms with Crippen LogP contribution in [0.5, 0.6) is 0 Å². The van der Waals surface area contributed by atoms with E-state index in [-0.39, 0.29) is 11.8 Å². The highest BCUT2D eigenvalue weighted by Crippen LogP contribution is 2.33. The number of amides is 1. The highest BCUT2D eigenvalue weighted by atomic mass is 79.9. The van der Waals surface area contributed by atoms with Crippen molar-refractivity contribution in [3.05, 3.63) is 34.3 Å². The van der Waals surface area contributed by atoms with Crippen LogP contribution in [-0.2, 0) is 9.59 Å². The van der Waals surface area contributed by atoms with Crippen LogP contribution in [0.1, 0.15) is 18.4 Å². The second kappa shape index (κ2) is 5.10. The van der Waals surface area contributed by atoms with Crippen molar-refractivity contribution in [3.63, 3.8) is 0 Å². The molecule has 1 aliphatic rings. The Hall–Kier alpha value is -1.36. The third-order valence-corrected chi connectivity index (χ3v) is 3.91. The molecule has 1 aromatic rings. The molecule has 0 spiro atoms. The van der Waals surface area contributed by atoms with Crippen molar-refractivity contribution in [1.82, 2.24) is 4.90 Å². The first-order valence-corrected chi connectivity index (χ1v) is 6.52. The molecular weight excluding hydrogens is 298 g/mol. The molecule has 1 fully saturated rings. The molecule has 0 saturated carbocycles. The number of nitrogens with zero attached hydrogens (tertiary/aromatic N) is 1. The van der Waals surface area contributed by atoms with Gasteiger partial charge in [0, 0.05) is 30.4 Å². The number of likely N-dealkylation sites (tertiary alicyclic amines) is 1. The summed E-state index contributed by atoms with van der Waals surface area (Å²) < 4.78 is 0.958. The fraction of sp³-hybridized carbons (Fsp3) is 0.385. The first kappa shape index (κ1) is 13.1. The molecule has 0 aromatic heterocycles. The van der Waals surface area contributed by atoms with E-state index in [4.69, 9.17) is 0 Å². The maximum atomic E-state index is 11.4. The molecule has 1 saturated heterocycles. The summed E-state index contributed by atoms with van der Waals surface area (Å²) in [5.74, 6) is -1.55. The molecule has 1 amide bonds. The normalized spacial score (nSPS) is 23.1. The minimum atomic E-state index is -0.841. The Bertz CT molecular complexity index is 472. The second-order valence-electron chi connectivity index (χ2n) is 4.53. The Morgan fingerprint density at radius 1 is 1.28 bits per heavy atom. The van der Waals surface area contributed by atoms with Crippen LogP contribution in [0.25, 0.3) is 0 Å². The lowest BCUT2D eigenvalue weighted by Crippen LogP contribution is -2.27. The van der Waals surface area contributed by atoms with E-state index in [0.29, 0.717) is 13.1 Å². The van der Waals surface area contributed by atoms with Crippen LogP contribution in [0.15, 0.2) is 28.7 Å². The highest BCUT2D eigenvalue weighted by molar-refractivity contribution is 9.10. The van der Waals surface area contributed by atoms with E-state index in [1.54, 1.807) is 4.90 Å². The summed E-state index contributed by atoms with van der Waals surface area (Å²) in [5.41, 5.74) is 0.967. The molecule has 0 unspecified atom stereocenters. The van der Waals surface area contributed by atoms with Gasteiger partial charge in [-0.05, 0) is 17.7 Å². The van der Waals surface area contributed by atoms with Crippen LogP contribution < -0.4 is 0 Å². The number of hydrogen-bond acceptors (Lipinski definition) is 2. The molecular formula is C13H14BrNO3. The van der Waals surface area contributed by atoms with Gasteiger partial charge in [0.2, 0.25) is 5.91 Å². The number of carbonyl (C=O) groups is 2. The molecule has 2 rings (SSSR count). The van der Waals surface area contributed by atoms with Gasteiger partial charge in [-0.3, -0.25) is 9.59 Å². The van der Waals surface area contributed by atoms with E-state index in [1.807, 2.05) is 24.3 Å². The SMILES string of the molecule is CC(=O)N1C[C@H](C(=O)O)[C@@H](c2ccc(Br)cc2)C1. The maximum absolute atomic E-state index is 11.4. The zero-order valence-corrected chi connectivity index (χ0v) is 11.6. The fourth-order valence-electron chi connectivity index (χ4n) is 2.36. The van der Waals surface area contributed by atoms with Gasteiger partial charge in [-0.1, -0.05) is 28.1 Å². The summed E-state index contributed by atoms with van der Waals surface area (Å²) >= 11 is 3.35. The molecule has 1 heterocycles. The van der Waals surface area contributed by atoms with Gasteiger partial charge in [0.25, 0.3) is 0 Å². The molecule has 0 bridgehead atoms. The second-order valence-corrected chi connectivity index (χ2v) is 5.44. The van der Waals surface area contributed by atoms with Crippen molar-refractivity contribution in [3.8, 4) is 0 Å². The number of halogens is 1. The fourth-order valence-corrected chi connectivity index (χ4v) is 2.62. The van der Waals surface area contributed by atoms with Crippen LogP contribution >= 0.6 is 15.9 Å². The maximum Gasteiger partial charge on any atom is 0.308 e. The average Bonchev–Trinajstić information content (AvgIpc) is 2.75. The van der Waals surface area contributed by atoms with Gasteiger partial charge >= 0.3 is 5.97 Å². The smallest absolute Gasteiger partial charge is 0.308 e. The lowest BCUT2D eigenvalue weighted by atomic mass is 9.89. The minimum Gasteiger partial charge on any atom is -0.481 e. The number of benzene rings is 1. The molecule has 4 nitrogen and oxygen atoms in total. The summed E-state index contributed by atoms with van der Waals surface area (Å²) in [6.07, 6.45) is 0. The van der Waals surface area contributed by atoms with E-state index >= 15 is 0 Å². The van der Waals surface area contributed by atoms with Crippen molar-refractivity contribution in [2.45, 2.75) is 12.8 Å². The Morgan fingerprint density at radius 2 is 1.89 bits per heavy atom. The third kappa shape index (κ3) is 2.56. The van der Waals surface area contributed by atoms with Crippen LogP contribution in [0.4, 0.5) is 0 Å². The third-order valence-electron chi connectivity index (χ3n) is 3.38. The van der Waals surface area contributed by atoms with Crippen molar-refractivity contribution in [2.75, 3.05) is 13.1 Å². The average molecular weight is 312 g/mol. The zero-order chi connectivity index (χ0) is 13.3. The Kier molecular flexibility index (Phi) is 3.71. The number of hydrogen-bond donors (Lipinski definition) is 1. The summed E-state index contributed by atoms with van der Waals surface area (Å²) in [4.78, 5) is 24.2. The molecule has 18 heavy (non-hydrogen) atoms. The van der Waals surface area contributed by atoms with Crippen LogP contribution in [0.2, 0.25) is 0 Å². The van der Waals surface area contributed by atoms with Crippen LogP contribution in [-0.4, -0.2) is 35.0 Å².